The molecule has 3 atom stereocenters. The predicted molar refractivity (Wildman–Crippen MR) is 198 cm³/mol. The number of thioether (sulfide) groups is 1. The molecule has 11 heteroatoms. The highest BCUT2D eigenvalue weighted by Crippen LogP contribution is 2.48. The van der Waals surface area contributed by atoms with E-state index in [2.05, 4.69) is 58.3 Å². The van der Waals surface area contributed by atoms with Crippen molar-refractivity contribution >= 4 is 23.7 Å². The van der Waals surface area contributed by atoms with E-state index >= 15 is 4.79 Å². The quantitative estimate of drug-likeness (QED) is 0.0743. The van der Waals surface area contributed by atoms with Crippen molar-refractivity contribution < 1.29 is 46.5 Å². The summed E-state index contributed by atoms with van der Waals surface area (Å²) in [6.45, 7) is 3.46. The Morgan fingerprint density at radius 2 is 1.28 bits per heavy atom. The van der Waals surface area contributed by atoms with Gasteiger partial charge in [0.25, 0.3) is 0 Å². The molecule has 5 fully saturated rings. The second-order valence-electron chi connectivity index (χ2n) is 15.9. The molecule has 2 aromatic rings. The Morgan fingerprint density at radius 3 is 1.77 bits per heavy atom. The SMILES string of the molecule is CC(=O)OOC(F)(F)F.O=C(OC1CC2CCC(C1)[N+]21CCCC1)C(OC(SCC1CCCCC1)C1CCCCC1)(c1ccccc1)c1ccccc1. The molecule has 0 radical (unpaired) electrons. The maximum Gasteiger partial charge on any atom is 0.558 e. The van der Waals surface area contributed by atoms with Gasteiger partial charge in [-0.15, -0.1) is 24.9 Å². The normalized spacial score (nSPS) is 25.3. The van der Waals surface area contributed by atoms with E-state index in [-0.39, 0.29) is 17.5 Å². The first kappa shape index (κ1) is 40.1. The number of benzene rings is 2. The summed E-state index contributed by atoms with van der Waals surface area (Å²) < 4.78 is 48.3. The van der Waals surface area contributed by atoms with Crippen molar-refractivity contribution in [1.29, 1.82) is 0 Å². The lowest BCUT2D eigenvalue weighted by atomic mass is 9.84. The number of halogens is 3. The molecule has 2 saturated carbocycles. The van der Waals surface area contributed by atoms with Gasteiger partial charge in [0.2, 0.25) is 5.60 Å². The Labute approximate surface area is 317 Å². The third-order valence-corrected chi connectivity index (χ3v) is 14.0. The summed E-state index contributed by atoms with van der Waals surface area (Å²) in [5.41, 5.74) is 0.487. The molecular formula is C42H57F3NO6S+. The van der Waals surface area contributed by atoms with Crippen molar-refractivity contribution in [2.45, 2.75) is 145 Å². The number of esters is 1. The molecule has 53 heavy (non-hydrogen) atoms. The van der Waals surface area contributed by atoms with E-state index in [0.29, 0.717) is 18.0 Å². The van der Waals surface area contributed by atoms with Crippen molar-refractivity contribution in [3.8, 4) is 0 Å². The largest absolute Gasteiger partial charge is 0.558 e. The molecule has 3 unspecified atom stereocenters. The topological polar surface area (TPSA) is 71.1 Å². The van der Waals surface area contributed by atoms with Crippen LogP contribution in [-0.4, -0.2) is 65.3 Å². The highest BCUT2D eigenvalue weighted by Gasteiger charge is 2.57. The summed E-state index contributed by atoms with van der Waals surface area (Å²) in [4.78, 5) is 30.5. The van der Waals surface area contributed by atoms with E-state index < -0.39 is 17.9 Å². The van der Waals surface area contributed by atoms with Crippen LogP contribution in [0.2, 0.25) is 0 Å². The Hall–Kier alpha value is -2.60. The lowest BCUT2D eigenvalue weighted by Crippen LogP contribution is -2.60. The molecule has 1 spiro atoms. The fourth-order valence-electron chi connectivity index (χ4n) is 10.0. The number of quaternary nitrogens is 1. The highest BCUT2D eigenvalue weighted by molar-refractivity contribution is 7.99. The van der Waals surface area contributed by atoms with Crippen LogP contribution in [0.4, 0.5) is 13.2 Å². The number of rotatable bonds is 11. The van der Waals surface area contributed by atoms with E-state index in [1.807, 2.05) is 23.9 Å². The summed E-state index contributed by atoms with van der Waals surface area (Å²) in [5, 5.41) is 0. The van der Waals surface area contributed by atoms with Crippen LogP contribution in [0, 0.1) is 11.8 Å². The number of piperidine rings is 1. The van der Waals surface area contributed by atoms with E-state index in [1.54, 1.807) is 0 Å². The van der Waals surface area contributed by atoms with Gasteiger partial charge in [0.05, 0.1) is 25.2 Å². The first-order chi connectivity index (χ1) is 25.6. The van der Waals surface area contributed by atoms with Crippen molar-refractivity contribution in [3.05, 3.63) is 71.8 Å². The van der Waals surface area contributed by atoms with Gasteiger partial charge in [-0.25, -0.2) is 9.59 Å². The number of nitrogens with zero attached hydrogens (tertiary/aromatic N) is 1. The minimum Gasteiger partial charge on any atom is -0.459 e. The average Bonchev–Trinajstić information content (AvgIpc) is 3.72. The molecule has 292 valence electrons. The molecule has 7 nitrogen and oxygen atoms in total. The lowest BCUT2D eigenvalue weighted by Gasteiger charge is -2.47. The summed E-state index contributed by atoms with van der Waals surface area (Å²) in [6, 6.07) is 22.0. The standard InChI is InChI=1S/C39H54NO3S.C3H3F3O3/c41-38(42-36-27-34-23-24-35(28-36)40(34)25-13-14-26-40)39(32-19-9-3-10-20-32,33-21-11-4-12-22-33)43-37(31-17-7-2-8-18-31)44-29-30-15-5-1-6-16-30;1-2(7)8-9-3(4,5)6/h3-4,9-12,19-22,30-31,34-37H,1-2,5-8,13-18,23-29H2;1H3/q+1;. The maximum atomic E-state index is 15.0. The lowest BCUT2D eigenvalue weighted by molar-refractivity contribution is -0.956. The molecule has 3 heterocycles. The second kappa shape index (κ2) is 18.4. The van der Waals surface area contributed by atoms with Gasteiger partial charge in [0, 0.05) is 45.4 Å². The molecule has 3 aliphatic heterocycles. The first-order valence-electron chi connectivity index (χ1n) is 20.0. The van der Waals surface area contributed by atoms with Gasteiger partial charge in [0.1, 0.15) is 11.5 Å². The predicted octanol–water partition coefficient (Wildman–Crippen LogP) is 10.0. The zero-order valence-electron chi connectivity index (χ0n) is 31.1. The van der Waals surface area contributed by atoms with Gasteiger partial charge in [-0.1, -0.05) is 104 Å². The molecule has 3 saturated heterocycles. The zero-order chi connectivity index (χ0) is 37.3. The van der Waals surface area contributed by atoms with E-state index in [1.165, 1.54) is 107 Å². The minimum absolute atomic E-state index is 0.0252. The summed E-state index contributed by atoms with van der Waals surface area (Å²) >= 11 is 2.01. The van der Waals surface area contributed by atoms with Crippen LogP contribution in [0.25, 0.3) is 0 Å². The first-order valence-corrected chi connectivity index (χ1v) is 21.0. The number of carbonyl (C=O) groups excluding carboxylic acids is 2. The van der Waals surface area contributed by atoms with Crippen molar-refractivity contribution in [2.75, 3.05) is 18.8 Å². The van der Waals surface area contributed by atoms with E-state index in [0.717, 1.165) is 42.6 Å². The van der Waals surface area contributed by atoms with Crippen molar-refractivity contribution in [2.24, 2.45) is 11.8 Å². The Balaban J connectivity index is 0.000000475. The van der Waals surface area contributed by atoms with E-state index in [4.69, 9.17) is 9.47 Å². The van der Waals surface area contributed by atoms with Crippen LogP contribution in [0.3, 0.4) is 0 Å². The average molecular weight is 761 g/mol. The Kier molecular flexibility index (Phi) is 13.9. The number of ether oxygens (including phenoxy) is 2. The Bertz CT molecular complexity index is 1390. The van der Waals surface area contributed by atoms with Gasteiger partial charge < -0.3 is 14.0 Å². The van der Waals surface area contributed by atoms with Crippen molar-refractivity contribution in [1.82, 2.24) is 0 Å². The highest BCUT2D eigenvalue weighted by atomic mass is 32.2. The van der Waals surface area contributed by atoms with Gasteiger partial charge >= 0.3 is 18.3 Å². The molecule has 7 rings (SSSR count). The number of alkyl halides is 3. The third-order valence-electron chi connectivity index (χ3n) is 12.5. The fourth-order valence-corrected chi connectivity index (χ4v) is 11.6. The maximum absolute atomic E-state index is 15.0. The molecule has 5 aliphatic rings. The summed E-state index contributed by atoms with van der Waals surface area (Å²) in [7, 11) is 0. The van der Waals surface area contributed by atoms with Gasteiger partial charge in [-0.3, -0.25) is 4.89 Å². The van der Waals surface area contributed by atoms with Crippen LogP contribution in [0.1, 0.15) is 121 Å². The van der Waals surface area contributed by atoms with Crippen LogP contribution in [-0.2, 0) is 34.4 Å². The van der Waals surface area contributed by atoms with Gasteiger partial charge in [-0.2, -0.15) is 0 Å². The molecular weight excluding hydrogens is 704 g/mol. The van der Waals surface area contributed by atoms with Crippen LogP contribution in [0.5, 0.6) is 0 Å². The van der Waals surface area contributed by atoms with Crippen LogP contribution >= 0.6 is 11.8 Å². The van der Waals surface area contributed by atoms with Crippen molar-refractivity contribution in [3.63, 3.8) is 0 Å². The molecule has 0 amide bonds. The molecule has 2 aromatic carbocycles. The molecule has 2 bridgehead atoms. The molecule has 0 N–H and O–H groups in total. The smallest absolute Gasteiger partial charge is 0.459 e. The summed E-state index contributed by atoms with van der Waals surface area (Å²) in [5.74, 6) is 1.00. The molecule has 2 aliphatic carbocycles. The second-order valence-corrected chi connectivity index (χ2v) is 17.0. The zero-order valence-corrected chi connectivity index (χ0v) is 31.9. The minimum atomic E-state index is -4.91. The fraction of sp³-hybridized carbons (Fsp3) is 0.667. The molecule has 0 aromatic heterocycles. The summed E-state index contributed by atoms with van der Waals surface area (Å²) in [6.07, 6.45) is 15.3. The van der Waals surface area contributed by atoms with E-state index in [9.17, 15) is 18.0 Å². The number of hydrogen-bond acceptors (Lipinski definition) is 7. The van der Waals surface area contributed by atoms with Crippen LogP contribution < -0.4 is 0 Å². The Morgan fingerprint density at radius 1 is 0.755 bits per heavy atom. The van der Waals surface area contributed by atoms with Gasteiger partial charge in [-0.05, 0) is 54.4 Å². The van der Waals surface area contributed by atoms with Crippen LogP contribution in [0.15, 0.2) is 60.7 Å². The third kappa shape index (κ3) is 9.99. The number of carbonyl (C=O) groups is 2. The van der Waals surface area contributed by atoms with Gasteiger partial charge in [0.15, 0.2) is 0 Å². The number of hydrogen-bond donors (Lipinski definition) is 0. The monoisotopic (exact) mass is 760 g/mol.